The fourth-order valence-electron chi connectivity index (χ4n) is 3.45. The van der Waals surface area contributed by atoms with E-state index in [4.69, 9.17) is 9.15 Å². The van der Waals surface area contributed by atoms with E-state index in [1.807, 2.05) is 6.07 Å². The molecular formula is C17H27N3O5S. The SMILES string of the molecule is CS(=O)(=O)N1CCC(OC2CCN(C(=O)NCc3ccco3)CC2)CC1. The Hall–Kier alpha value is -1.58. The normalized spacial score (nSPS) is 21.0. The zero-order chi connectivity index (χ0) is 18.6. The maximum Gasteiger partial charge on any atom is 0.317 e. The Morgan fingerprint density at radius 2 is 1.81 bits per heavy atom. The summed E-state index contributed by atoms with van der Waals surface area (Å²) in [5, 5.41) is 2.86. The van der Waals surface area contributed by atoms with Crippen LogP contribution < -0.4 is 5.32 Å². The van der Waals surface area contributed by atoms with Gasteiger partial charge in [-0.2, -0.15) is 0 Å². The van der Waals surface area contributed by atoms with E-state index < -0.39 is 10.0 Å². The molecule has 0 radical (unpaired) electrons. The summed E-state index contributed by atoms with van der Waals surface area (Å²) in [6, 6.07) is 3.54. The first kappa shape index (κ1) is 19.2. The number of ether oxygens (including phenoxy) is 1. The van der Waals surface area contributed by atoms with Crippen molar-refractivity contribution in [3.05, 3.63) is 24.2 Å². The van der Waals surface area contributed by atoms with Crippen molar-refractivity contribution >= 4 is 16.1 Å². The van der Waals surface area contributed by atoms with Gasteiger partial charge >= 0.3 is 6.03 Å². The summed E-state index contributed by atoms with van der Waals surface area (Å²) in [5.74, 6) is 0.733. The fraction of sp³-hybridized carbons (Fsp3) is 0.706. The number of likely N-dealkylation sites (tertiary alicyclic amines) is 1. The first-order chi connectivity index (χ1) is 12.4. The predicted molar refractivity (Wildman–Crippen MR) is 96.1 cm³/mol. The number of rotatable bonds is 5. The van der Waals surface area contributed by atoms with Crippen LogP contribution in [0.3, 0.4) is 0 Å². The maximum atomic E-state index is 12.2. The van der Waals surface area contributed by atoms with Gasteiger partial charge in [0.15, 0.2) is 0 Å². The molecule has 0 aliphatic carbocycles. The summed E-state index contributed by atoms with van der Waals surface area (Å²) >= 11 is 0. The molecule has 2 aliphatic rings. The Morgan fingerprint density at radius 3 is 2.35 bits per heavy atom. The van der Waals surface area contributed by atoms with Crippen molar-refractivity contribution < 1.29 is 22.4 Å². The molecule has 0 bridgehead atoms. The van der Waals surface area contributed by atoms with Crippen LogP contribution in [0.2, 0.25) is 0 Å². The lowest BCUT2D eigenvalue weighted by Crippen LogP contribution is -2.47. The average Bonchev–Trinajstić information content (AvgIpc) is 3.13. The Labute approximate surface area is 154 Å². The molecule has 1 N–H and O–H groups in total. The monoisotopic (exact) mass is 385 g/mol. The van der Waals surface area contributed by atoms with Gasteiger partial charge in [0.1, 0.15) is 5.76 Å². The molecule has 2 fully saturated rings. The molecule has 0 atom stereocenters. The molecular weight excluding hydrogens is 358 g/mol. The lowest BCUT2D eigenvalue weighted by molar-refractivity contribution is -0.0546. The van der Waals surface area contributed by atoms with Crippen LogP contribution in [0.15, 0.2) is 22.8 Å². The van der Waals surface area contributed by atoms with E-state index in [0.29, 0.717) is 32.7 Å². The number of piperidine rings is 2. The van der Waals surface area contributed by atoms with E-state index in [1.54, 1.807) is 17.2 Å². The second-order valence-corrected chi connectivity index (χ2v) is 8.90. The van der Waals surface area contributed by atoms with E-state index in [9.17, 15) is 13.2 Å². The van der Waals surface area contributed by atoms with Crippen LogP contribution in [-0.4, -0.2) is 68.3 Å². The van der Waals surface area contributed by atoms with Crippen molar-refractivity contribution in [1.29, 1.82) is 0 Å². The largest absolute Gasteiger partial charge is 0.467 e. The van der Waals surface area contributed by atoms with E-state index in [0.717, 1.165) is 31.4 Å². The Balaban J connectivity index is 1.35. The summed E-state index contributed by atoms with van der Waals surface area (Å²) in [6.45, 7) is 2.77. The zero-order valence-electron chi connectivity index (χ0n) is 15.1. The lowest BCUT2D eigenvalue weighted by atomic mass is 10.1. The molecule has 2 saturated heterocycles. The van der Waals surface area contributed by atoms with Crippen LogP contribution in [0.5, 0.6) is 0 Å². The van der Waals surface area contributed by atoms with Crippen molar-refractivity contribution in [2.75, 3.05) is 32.4 Å². The molecule has 146 valence electrons. The summed E-state index contributed by atoms with van der Waals surface area (Å²) in [4.78, 5) is 14.0. The molecule has 3 rings (SSSR count). The van der Waals surface area contributed by atoms with Crippen LogP contribution in [-0.2, 0) is 21.3 Å². The molecule has 0 saturated carbocycles. The average molecular weight is 385 g/mol. The first-order valence-electron chi connectivity index (χ1n) is 9.07. The van der Waals surface area contributed by atoms with Crippen LogP contribution in [0.1, 0.15) is 31.4 Å². The fourth-order valence-corrected chi connectivity index (χ4v) is 4.33. The molecule has 2 amide bonds. The maximum absolute atomic E-state index is 12.2. The number of amides is 2. The number of carbonyl (C=O) groups excluding carboxylic acids is 1. The van der Waals surface area contributed by atoms with Crippen LogP contribution in [0, 0.1) is 0 Å². The summed E-state index contributed by atoms with van der Waals surface area (Å²) in [7, 11) is -3.10. The number of furan rings is 1. The minimum Gasteiger partial charge on any atom is -0.467 e. The lowest BCUT2D eigenvalue weighted by Gasteiger charge is -2.36. The smallest absolute Gasteiger partial charge is 0.317 e. The first-order valence-corrected chi connectivity index (χ1v) is 10.9. The number of sulfonamides is 1. The third kappa shape index (κ3) is 5.21. The van der Waals surface area contributed by atoms with Gasteiger partial charge in [0.2, 0.25) is 10.0 Å². The molecule has 3 heterocycles. The van der Waals surface area contributed by atoms with Crippen molar-refractivity contribution in [3.63, 3.8) is 0 Å². The van der Waals surface area contributed by atoms with E-state index in [2.05, 4.69) is 5.32 Å². The van der Waals surface area contributed by atoms with Crippen molar-refractivity contribution in [2.24, 2.45) is 0 Å². The van der Waals surface area contributed by atoms with Crippen molar-refractivity contribution in [3.8, 4) is 0 Å². The molecule has 0 unspecified atom stereocenters. The third-order valence-corrected chi connectivity index (χ3v) is 6.28. The number of urea groups is 1. The second-order valence-electron chi connectivity index (χ2n) is 6.92. The molecule has 8 nitrogen and oxygen atoms in total. The zero-order valence-corrected chi connectivity index (χ0v) is 15.9. The number of carbonyl (C=O) groups is 1. The highest BCUT2D eigenvalue weighted by Gasteiger charge is 2.29. The van der Waals surface area contributed by atoms with E-state index >= 15 is 0 Å². The minimum atomic E-state index is -3.10. The van der Waals surface area contributed by atoms with Gasteiger partial charge in [-0.3, -0.25) is 0 Å². The Bertz CT molecular complexity index is 675. The van der Waals surface area contributed by atoms with E-state index in [-0.39, 0.29) is 18.2 Å². The summed E-state index contributed by atoms with van der Waals surface area (Å²) in [6.07, 6.45) is 6.16. The summed E-state index contributed by atoms with van der Waals surface area (Å²) in [5.41, 5.74) is 0. The van der Waals surface area contributed by atoms with Crippen molar-refractivity contribution in [2.45, 2.75) is 44.4 Å². The van der Waals surface area contributed by atoms with Gasteiger partial charge in [0, 0.05) is 26.2 Å². The number of hydrogen-bond acceptors (Lipinski definition) is 5. The van der Waals surface area contributed by atoms with Crippen LogP contribution in [0.25, 0.3) is 0 Å². The van der Waals surface area contributed by atoms with Gasteiger partial charge in [0.25, 0.3) is 0 Å². The topological polar surface area (TPSA) is 92.1 Å². The van der Waals surface area contributed by atoms with Gasteiger partial charge in [0.05, 0.1) is 31.3 Å². The predicted octanol–water partition coefficient (Wildman–Crippen LogP) is 1.39. The standard InChI is InChI=1S/C17H27N3O5S/c1-26(22,23)20-10-6-15(7-11-20)25-14-4-8-19(9-5-14)17(21)18-13-16-3-2-12-24-16/h2-3,12,14-15H,4-11,13H2,1H3,(H,18,21). The number of nitrogens with zero attached hydrogens (tertiary/aromatic N) is 2. The second kappa shape index (κ2) is 8.41. The van der Waals surface area contributed by atoms with Gasteiger partial charge in [-0.1, -0.05) is 0 Å². The number of hydrogen-bond donors (Lipinski definition) is 1. The minimum absolute atomic E-state index is 0.0821. The molecule has 1 aromatic heterocycles. The summed E-state index contributed by atoms with van der Waals surface area (Å²) < 4.78 is 36.0. The van der Waals surface area contributed by atoms with Gasteiger partial charge in [-0.15, -0.1) is 0 Å². The molecule has 1 aromatic rings. The molecule has 26 heavy (non-hydrogen) atoms. The quantitative estimate of drug-likeness (QED) is 0.827. The highest BCUT2D eigenvalue weighted by atomic mass is 32.2. The van der Waals surface area contributed by atoms with Crippen molar-refractivity contribution in [1.82, 2.24) is 14.5 Å². The van der Waals surface area contributed by atoms with Gasteiger partial charge in [-0.05, 0) is 37.8 Å². The molecule has 2 aliphatic heterocycles. The Morgan fingerprint density at radius 1 is 1.19 bits per heavy atom. The third-order valence-electron chi connectivity index (χ3n) is 4.98. The molecule has 0 aromatic carbocycles. The van der Waals surface area contributed by atoms with Gasteiger partial charge in [-0.25, -0.2) is 17.5 Å². The number of nitrogens with one attached hydrogen (secondary N) is 1. The van der Waals surface area contributed by atoms with E-state index in [1.165, 1.54) is 10.6 Å². The molecule has 0 spiro atoms. The van der Waals surface area contributed by atoms with Gasteiger partial charge < -0.3 is 19.4 Å². The highest BCUT2D eigenvalue weighted by molar-refractivity contribution is 7.88. The molecule has 9 heteroatoms. The Kier molecular flexibility index (Phi) is 6.20. The van der Waals surface area contributed by atoms with Crippen LogP contribution in [0.4, 0.5) is 4.79 Å². The highest BCUT2D eigenvalue weighted by Crippen LogP contribution is 2.22. The van der Waals surface area contributed by atoms with Crippen LogP contribution >= 0.6 is 0 Å².